The Labute approximate surface area is 129 Å². The Balaban J connectivity index is 1.81. The zero-order chi connectivity index (χ0) is 14.7. The maximum atomic E-state index is 4.74. The monoisotopic (exact) mass is 287 g/mol. The van der Waals surface area contributed by atoms with Crippen molar-refractivity contribution in [2.75, 3.05) is 26.2 Å². The lowest BCUT2D eigenvalue weighted by molar-refractivity contribution is 0.114. The minimum Gasteiger partial charge on any atom is -0.316 e. The molecule has 21 heavy (non-hydrogen) atoms. The summed E-state index contributed by atoms with van der Waals surface area (Å²) < 4.78 is 0. The summed E-state index contributed by atoms with van der Waals surface area (Å²) in [6, 6.07) is 4.90. The van der Waals surface area contributed by atoms with Crippen molar-refractivity contribution in [1.29, 1.82) is 0 Å². The van der Waals surface area contributed by atoms with Crippen molar-refractivity contribution in [1.82, 2.24) is 15.2 Å². The third-order valence-electron chi connectivity index (χ3n) is 5.16. The van der Waals surface area contributed by atoms with Crippen LogP contribution in [0, 0.1) is 5.41 Å². The Hall–Kier alpha value is -0.930. The maximum absolute atomic E-state index is 4.74. The minimum atomic E-state index is 0.432. The van der Waals surface area contributed by atoms with Crippen LogP contribution in [0.1, 0.15) is 56.8 Å². The maximum Gasteiger partial charge on any atom is 0.0607 e. The molecular weight excluding hydrogens is 258 g/mol. The second-order valence-electron chi connectivity index (χ2n) is 7.16. The van der Waals surface area contributed by atoms with Gasteiger partial charge in [-0.1, -0.05) is 19.9 Å². The van der Waals surface area contributed by atoms with E-state index in [0.717, 1.165) is 6.54 Å². The van der Waals surface area contributed by atoms with Crippen LogP contribution in [0.5, 0.6) is 0 Å². The summed E-state index contributed by atoms with van der Waals surface area (Å²) in [5.41, 5.74) is 3.26. The molecule has 0 spiro atoms. The Morgan fingerprint density at radius 1 is 1.48 bits per heavy atom. The van der Waals surface area contributed by atoms with Gasteiger partial charge in [0.15, 0.2) is 0 Å². The number of rotatable bonds is 5. The summed E-state index contributed by atoms with van der Waals surface area (Å²) in [4.78, 5) is 7.46. The van der Waals surface area contributed by atoms with Gasteiger partial charge < -0.3 is 5.32 Å². The van der Waals surface area contributed by atoms with Crippen LogP contribution in [-0.2, 0) is 6.42 Å². The van der Waals surface area contributed by atoms with Gasteiger partial charge in [-0.15, -0.1) is 0 Å². The highest BCUT2D eigenvalue weighted by Gasteiger charge is 2.34. The number of nitrogens with one attached hydrogen (secondary N) is 1. The molecule has 1 aliphatic carbocycles. The molecule has 0 amide bonds. The van der Waals surface area contributed by atoms with Crippen LogP contribution >= 0.6 is 0 Å². The molecule has 1 saturated heterocycles. The molecular formula is C18H29N3. The molecule has 0 bridgehead atoms. The van der Waals surface area contributed by atoms with Gasteiger partial charge in [-0.3, -0.25) is 9.88 Å². The highest BCUT2D eigenvalue weighted by atomic mass is 15.2. The first-order chi connectivity index (χ1) is 10.2. The van der Waals surface area contributed by atoms with E-state index in [9.17, 15) is 0 Å². The van der Waals surface area contributed by atoms with E-state index in [4.69, 9.17) is 4.98 Å². The highest BCUT2D eigenvalue weighted by molar-refractivity contribution is 5.25. The first-order valence-corrected chi connectivity index (χ1v) is 8.60. The van der Waals surface area contributed by atoms with Crippen molar-refractivity contribution in [3.05, 3.63) is 29.6 Å². The zero-order valence-electron chi connectivity index (χ0n) is 13.6. The van der Waals surface area contributed by atoms with Crippen LogP contribution in [-0.4, -0.2) is 36.1 Å². The zero-order valence-corrected chi connectivity index (χ0v) is 13.6. The molecule has 2 heterocycles. The molecule has 0 aromatic carbocycles. The fourth-order valence-electron chi connectivity index (χ4n) is 4.07. The Morgan fingerprint density at radius 3 is 3.14 bits per heavy atom. The number of aryl methyl sites for hydroxylation is 1. The average Bonchev–Trinajstić information content (AvgIpc) is 2.93. The van der Waals surface area contributed by atoms with Crippen molar-refractivity contribution < 1.29 is 0 Å². The van der Waals surface area contributed by atoms with Crippen molar-refractivity contribution in [2.45, 2.75) is 52.0 Å². The predicted molar refractivity (Wildman–Crippen MR) is 87.4 cm³/mol. The predicted octanol–water partition coefficient (Wildman–Crippen LogP) is 3.17. The van der Waals surface area contributed by atoms with Crippen LogP contribution in [0.4, 0.5) is 0 Å². The fourth-order valence-corrected chi connectivity index (χ4v) is 4.07. The van der Waals surface area contributed by atoms with Crippen LogP contribution in [0.25, 0.3) is 0 Å². The van der Waals surface area contributed by atoms with E-state index in [2.05, 4.69) is 36.2 Å². The average molecular weight is 287 g/mol. The molecule has 1 aromatic rings. The van der Waals surface area contributed by atoms with Crippen LogP contribution in [0.3, 0.4) is 0 Å². The summed E-state index contributed by atoms with van der Waals surface area (Å²) in [6.45, 7) is 9.47. The van der Waals surface area contributed by atoms with Crippen LogP contribution in [0.15, 0.2) is 18.3 Å². The van der Waals surface area contributed by atoms with Crippen molar-refractivity contribution in [2.24, 2.45) is 5.41 Å². The van der Waals surface area contributed by atoms with Crippen molar-refractivity contribution in [3.8, 4) is 0 Å². The Bertz CT molecular complexity index is 465. The quantitative estimate of drug-likeness (QED) is 0.901. The number of hydrogen-bond acceptors (Lipinski definition) is 3. The second kappa shape index (κ2) is 6.45. The first-order valence-electron chi connectivity index (χ1n) is 8.60. The molecule has 1 N–H and O–H groups in total. The molecule has 1 aliphatic heterocycles. The normalized spacial score (nSPS) is 28.8. The molecule has 1 aromatic heterocycles. The molecule has 2 aliphatic rings. The van der Waals surface area contributed by atoms with Gasteiger partial charge in [0, 0.05) is 19.3 Å². The summed E-state index contributed by atoms with van der Waals surface area (Å²) in [5, 5.41) is 3.54. The topological polar surface area (TPSA) is 28.2 Å². The molecule has 116 valence electrons. The van der Waals surface area contributed by atoms with Gasteiger partial charge in [0.1, 0.15) is 0 Å². The highest BCUT2D eigenvalue weighted by Crippen LogP contribution is 2.36. The van der Waals surface area contributed by atoms with E-state index < -0.39 is 0 Å². The molecule has 3 heteroatoms. The van der Waals surface area contributed by atoms with E-state index >= 15 is 0 Å². The van der Waals surface area contributed by atoms with Crippen LogP contribution in [0.2, 0.25) is 0 Å². The standard InChI is InChI=1S/C18H29N3/c1-3-12-21(14-18(2)9-11-19-13-18)16-8-4-6-15-7-5-10-20-17(15)16/h5,7,10,16,19H,3-4,6,8-9,11-14H2,1-2H3. The van der Waals surface area contributed by atoms with Gasteiger partial charge in [-0.05, 0) is 62.2 Å². The van der Waals surface area contributed by atoms with Gasteiger partial charge >= 0.3 is 0 Å². The lowest BCUT2D eigenvalue weighted by Gasteiger charge is -2.39. The second-order valence-corrected chi connectivity index (χ2v) is 7.16. The summed E-state index contributed by atoms with van der Waals surface area (Å²) in [6.07, 6.45) is 8.28. The van der Waals surface area contributed by atoms with Gasteiger partial charge in [-0.2, -0.15) is 0 Å². The Kier molecular flexibility index (Phi) is 4.60. The van der Waals surface area contributed by atoms with Gasteiger partial charge in [-0.25, -0.2) is 0 Å². The number of nitrogens with zero attached hydrogens (tertiary/aromatic N) is 2. The smallest absolute Gasteiger partial charge is 0.0607 e. The molecule has 3 rings (SSSR count). The third-order valence-corrected chi connectivity index (χ3v) is 5.16. The summed E-state index contributed by atoms with van der Waals surface area (Å²) in [7, 11) is 0. The summed E-state index contributed by atoms with van der Waals surface area (Å²) in [5.74, 6) is 0. The SMILES string of the molecule is CCCN(CC1(C)CCNC1)C1CCCc2cccnc21. The van der Waals surface area contributed by atoms with Crippen molar-refractivity contribution in [3.63, 3.8) is 0 Å². The van der Waals surface area contributed by atoms with E-state index in [0.29, 0.717) is 11.5 Å². The molecule has 3 nitrogen and oxygen atoms in total. The number of hydrogen-bond donors (Lipinski definition) is 1. The molecule has 0 radical (unpaired) electrons. The largest absolute Gasteiger partial charge is 0.316 e. The van der Waals surface area contributed by atoms with E-state index in [1.54, 1.807) is 0 Å². The van der Waals surface area contributed by atoms with Gasteiger partial charge in [0.05, 0.1) is 11.7 Å². The van der Waals surface area contributed by atoms with Crippen molar-refractivity contribution >= 4 is 0 Å². The lowest BCUT2D eigenvalue weighted by atomic mass is 9.86. The summed E-state index contributed by atoms with van der Waals surface area (Å²) >= 11 is 0. The number of pyridine rings is 1. The Morgan fingerprint density at radius 2 is 2.38 bits per heavy atom. The molecule has 0 saturated carbocycles. The third kappa shape index (κ3) is 3.29. The van der Waals surface area contributed by atoms with E-state index in [1.165, 1.54) is 63.0 Å². The van der Waals surface area contributed by atoms with E-state index in [-0.39, 0.29) is 0 Å². The number of aromatic nitrogens is 1. The number of fused-ring (bicyclic) bond motifs is 1. The fraction of sp³-hybridized carbons (Fsp3) is 0.722. The minimum absolute atomic E-state index is 0.432. The lowest BCUT2D eigenvalue weighted by Crippen LogP contribution is -2.41. The van der Waals surface area contributed by atoms with Gasteiger partial charge in [0.2, 0.25) is 0 Å². The molecule has 2 atom stereocenters. The van der Waals surface area contributed by atoms with Gasteiger partial charge in [0.25, 0.3) is 0 Å². The van der Waals surface area contributed by atoms with Crippen LogP contribution < -0.4 is 5.32 Å². The first kappa shape index (κ1) is 15.0. The van der Waals surface area contributed by atoms with E-state index in [1.807, 2.05) is 6.20 Å². The molecule has 2 unspecified atom stereocenters. The molecule has 1 fully saturated rings.